The summed E-state index contributed by atoms with van der Waals surface area (Å²) >= 11 is 0. The molecule has 2 saturated heterocycles. The summed E-state index contributed by atoms with van der Waals surface area (Å²) in [4.78, 5) is 11.3. The fraction of sp³-hybridized carbons (Fsp3) is 0.643. The number of anilines is 2. The molecule has 0 radical (unpaired) electrons. The van der Waals surface area contributed by atoms with E-state index < -0.39 is 0 Å². The van der Waals surface area contributed by atoms with Gasteiger partial charge in [-0.05, 0) is 19.2 Å². The summed E-state index contributed by atoms with van der Waals surface area (Å²) in [5.41, 5.74) is 1.20. The van der Waals surface area contributed by atoms with Gasteiger partial charge in [0.15, 0.2) is 0 Å². The van der Waals surface area contributed by atoms with E-state index >= 15 is 0 Å². The number of nitrogens with zero attached hydrogens (tertiary/aromatic N) is 4. The normalized spacial score (nSPS) is 27.4. The molecule has 1 aromatic rings. The third-order valence-corrected chi connectivity index (χ3v) is 3.82. The minimum Gasteiger partial charge on any atom is -0.369 e. The number of aromatic nitrogens is 1. The summed E-state index contributed by atoms with van der Waals surface area (Å²) in [6, 6.07) is 4.24. The summed E-state index contributed by atoms with van der Waals surface area (Å²) in [5.74, 6) is 0.997. The van der Waals surface area contributed by atoms with Gasteiger partial charge in [-0.1, -0.05) is 0 Å². The molecular weight excluding hydrogens is 240 g/mol. The highest BCUT2D eigenvalue weighted by molar-refractivity contribution is 5.50. The largest absolute Gasteiger partial charge is 0.369 e. The Balaban J connectivity index is 1.73. The van der Waals surface area contributed by atoms with Crippen LogP contribution in [0.1, 0.15) is 0 Å². The van der Waals surface area contributed by atoms with E-state index in [2.05, 4.69) is 34.0 Å². The van der Waals surface area contributed by atoms with Crippen molar-refractivity contribution in [3.8, 4) is 0 Å². The predicted molar refractivity (Wildman–Crippen MR) is 76.9 cm³/mol. The molecule has 1 aromatic heterocycles. The highest BCUT2D eigenvalue weighted by Gasteiger charge is 2.33. The SMILES string of the molecule is CN1CC2CN(c3ccc(N(C)C)nc3)CC(C1)O2. The zero-order valence-electron chi connectivity index (χ0n) is 11.9. The molecule has 3 rings (SSSR count). The van der Waals surface area contributed by atoms with Crippen molar-refractivity contribution in [3.63, 3.8) is 0 Å². The molecule has 0 spiro atoms. The van der Waals surface area contributed by atoms with Gasteiger partial charge < -0.3 is 19.4 Å². The third kappa shape index (κ3) is 2.67. The molecule has 0 saturated carbocycles. The number of fused-ring (bicyclic) bond motifs is 2. The Morgan fingerprint density at radius 2 is 1.84 bits per heavy atom. The smallest absolute Gasteiger partial charge is 0.128 e. The molecule has 19 heavy (non-hydrogen) atoms. The van der Waals surface area contributed by atoms with Crippen LogP contribution in [0.3, 0.4) is 0 Å². The van der Waals surface area contributed by atoms with Crippen LogP contribution in [0.2, 0.25) is 0 Å². The van der Waals surface area contributed by atoms with Crippen molar-refractivity contribution in [1.29, 1.82) is 0 Å². The molecule has 0 N–H and O–H groups in total. The first-order valence-electron chi connectivity index (χ1n) is 6.84. The fourth-order valence-corrected chi connectivity index (χ4v) is 2.94. The van der Waals surface area contributed by atoms with E-state index in [0.717, 1.165) is 32.0 Å². The maximum Gasteiger partial charge on any atom is 0.128 e. The lowest BCUT2D eigenvalue weighted by atomic mass is 10.1. The molecule has 2 bridgehead atoms. The van der Waals surface area contributed by atoms with E-state index in [-0.39, 0.29) is 0 Å². The van der Waals surface area contributed by atoms with Crippen molar-refractivity contribution in [3.05, 3.63) is 18.3 Å². The van der Waals surface area contributed by atoms with Crippen LogP contribution in [-0.2, 0) is 4.74 Å². The van der Waals surface area contributed by atoms with Gasteiger partial charge in [-0.15, -0.1) is 0 Å². The Hall–Kier alpha value is -1.33. The number of ether oxygens (including phenoxy) is 1. The van der Waals surface area contributed by atoms with Gasteiger partial charge in [0.05, 0.1) is 24.1 Å². The van der Waals surface area contributed by atoms with Crippen molar-refractivity contribution in [1.82, 2.24) is 9.88 Å². The van der Waals surface area contributed by atoms with Crippen molar-refractivity contribution >= 4 is 11.5 Å². The summed E-state index contributed by atoms with van der Waals surface area (Å²) in [6.07, 6.45) is 2.62. The average molecular weight is 262 g/mol. The van der Waals surface area contributed by atoms with Crippen LogP contribution in [-0.4, -0.2) is 69.4 Å². The minimum absolute atomic E-state index is 0.325. The number of pyridine rings is 1. The Morgan fingerprint density at radius 3 is 2.37 bits per heavy atom. The van der Waals surface area contributed by atoms with Crippen LogP contribution in [0.5, 0.6) is 0 Å². The third-order valence-electron chi connectivity index (χ3n) is 3.82. The molecule has 2 aliphatic rings. The van der Waals surface area contributed by atoms with E-state index in [0.29, 0.717) is 12.2 Å². The van der Waals surface area contributed by atoms with Gasteiger partial charge in [-0.3, -0.25) is 0 Å². The van der Waals surface area contributed by atoms with Gasteiger partial charge in [0, 0.05) is 40.3 Å². The van der Waals surface area contributed by atoms with Crippen LogP contribution in [0.25, 0.3) is 0 Å². The average Bonchev–Trinajstić information content (AvgIpc) is 2.37. The highest BCUT2D eigenvalue weighted by atomic mass is 16.5. The highest BCUT2D eigenvalue weighted by Crippen LogP contribution is 2.24. The maximum atomic E-state index is 5.99. The van der Waals surface area contributed by atoms with Crippen molar-refractivity contribution in [2.75, 3.05) is 57.1 Å². The molecule has 5 heteroatoms. The lowest BCUT2D eigenvalue weighted by molar-refractivity contribution is -0.0875. The van der Waals surface area contributed by atoms with Crippen LogP contribution in [0, 0.1) is 0 Å². The van der Waals surface area contributed by atoms with Crippen LogP contribution >= 0.6 is 0 Å². The second-order valence-corrected chi connectivity index (χ2v) is 5.78. The van der Waals surface area contributed by atoms with E-state index in [4.69, 9.17) is 4.74 Å². The molecule has 5 nitrogen and oxygen atoms in total. The molecule has 2 atom stereocenters. The predicted octanol–water partition coefficient (Wildman–Crippen LogP) is 0.667. The van der Waals surface area contributed by atoms with Crippen molar-refractivity contribution < 1.29 is 4.74 Å². The summed E-state index contributed by atoms with van der Waals surface area (Å²) < 4.78 is 5.99. The molecule has 3 heterocycles. The van der Waals surface area contributed by atoms with Gasteiger partial charge in [-0.25, -0.2) is 4.98 Å². The number of hydrogen-bond acceptors (Lipinski definition) is 5. The van der Waals surface area contributed by atoms with Gasteiger partial charge in [0.1, 0.15) is 5.82 Å². The molecule has 2 fully saturated rings. The van der Waals surface area contributed by atoms with E-state index in [1.54, 1.807) is 0 Å². The summed E-state index contributed by atoms with van der Waals surface area (Å²) in [7, 11) is 6.19. The van der Waals surface area contributed by atoms with Gasteiger partial charge >= 0.3 is 0 Å². The van der Waals surface area contributed by atoms with Crippen LogP contribution in [0.4, 0.5) is 11.5 Å². The maximum absolute atomic E-state index is 5.99. The molecule has 104 valence electrons. The second kappa shape index (κ2) is 4.98. The van der Waals surface area contributed by atoms with Gasteiger partial charge in [0.2, 0.25) is 0 Å². The van der Waals surface area contributed by atoms with Crippen molar-refractivity contribution in [2.45, 2.75) is 12.2 Å². The quantitative estimate of drug-likeness (QED) is 0.782. The topological polar surface area (TPSA) is 31.8 Å². The van der Waals surface area contributed by atoms with Gasteiger partial charge in [0.25, 0.3) is 0 Å². The Bertz CT molecular complexity index is 416. The van der Waals surface area contributed by atoms with E-state index in [1.165, 1.54) is 5.69 Å². The van der Waals surface area contributed by atoms with E-state index in [9.17, 15) is 0 Å². The fourth-order valence-electron chi connectivity index (χ4n) is 2.94. The first-order chi connectivity index (χ1) is 9.11. The number of morpholine rings is 2. The number of rotatable bonds is 2. The van der Waals surface area contributed by atoms with Crippen molar-refractivity contribution in [2.24, 2.45) is 0 Å². The first kappa shape index (κ1) is 12.7. The lowest BCUT2D eigenvalue weighted by Crippen LogP contribution is -2.58. The number of hydrogen-bond donors (Lipinski definition) is 0. The minimum atomic E-state index is 0.325. The van der Waals surface area contributed by atoms with Crippen LogP contribution in [0.15, 0.2) is 18.3 Å². The first-order valence-corrected chi connectivity index (χ1v) is 6.84. The van der Waals surface area contributed by atoms with Crippen LogP contribution < -0.4 is 9.80 Å². The summed E-state index contributed by atoms with van der Waals surface area (Å²) in [5, 5.41) is 0. The Morgan fingerprint density at radius 1 is 1.16 bits per heavy atom. The molecule has 0 amide bonds. The van der Waals surface area contributed by atoms with E-state index in [1.807, 2.05) is 25.2 Å². The zero-order chi connectivity index (χ0) is 13.4. The lowest BCUT2D eigenvalue weighted by Gasteiger charge is -2.45. The molecule has 0 aliphatic carbocycles. The number of likely N-dealkylation sites (N-methyl/N-ethyl adjacent to an activating group) is 1. The Labute approximate surface area is 114 Å². The summed E-state index contributed by atoms with van der Waals surface area (Å²) in [6.45, 7) is 3.97. The Kier molecular flexibility index (Phi) is 3.33. The monoisotopic (exact) mass is 262 g/mol. The zero-order valence-corrected chi connectivity index (χ0v) is 11.9. The van der Waals surface area contributed by atoms with Gasteiger partial charge in [-0.2, -0.15) is 0 Å². The molecular formula is C14H22N4O. The molecule has 2 unspecified atom stereocenters. The second-order valence-electron chi connectivity index (χ2n) is 5.78. The molecule has 2 aliphatic heterocycles. The standard InChI is InChI=1S/C14H22N4O/c1-16(2)14-5-4-11(6-15-14)18-9-12-7-17(3)8-13(10-18)19-12/h4-6,12-13H,7-10H2,1-3H3. The molecule has 0 aromatic carbocycles.